The SMILES string of the molecule is CN(C(=O)N1CC=CC=C1Cl)[C@@H]1CN(C(=O)c2ccc(C#N)cc2)C[C@H]1c1ccc(Cl)c(Cl)c1. The number of amides is 3. The van der Waals surface area contributed by atoms with Gasteiger partial charge in [-0.25, -0.2) is 4.79 Å². The maximum absolute atomic E-state index is 13.3. The maximum Gasteiger partial charge on any atom is 0.325 e. The van der Waals surface area contributed by atoms with E-state index in [0.29, 0.717) is 46.0 Å². The Labute approximate surface area is 213 Å². The highest BCUT2D eigenvalue weighted by Gasteiger charge is 2.41. The molecule has 1 fully saturated rings. The number of hydrogen-bond donors (Lipinski definition) is 0. The fourth-order valence-corrected chi connectivity index (χ4v) is 4.80. The third-order valence-electron chi connectivity index (χ3n) is 6.15. The van der Waals surface area contributed by atoms with Crippen molar-refractivity contribution in [1.29, 1.82) is 5.26 Å². The molecule has 9 heteroatoms. The van der Waals surface area contributed by atoms with Crippen molar-refractivity contribution in [3.63, 3.8) is 0 Å². The first-order valence-electron chi connectivity index (χ1n) is 10.6. The van der Waals surface area contributed by atoms with Crippen LogP contribution in [0.1, 0.15) is 27.4 Å². The van der Waals surface area contributed by atoms with E-state index >= 15 is 0 Å². The number of rotatable bonds is 3. The molecule has 4 rings (SSSR count). The van der Waals surface area contributed by atoms with Crippen molar-refractivity contribution < 1.29 is 9.59 Å². The Morgan fingerprint density at radius 2 is 1.79 bits per heavy atom. The molecule has 1 saturated heterocycles. The molecule has 2 aromatic carbocycles. The van der Waals surface area contributed by atoms with Crippen LogP contribution >= 0.6 is 34.8 Å². The van der Waals surface area contributed by atoms with Gasteiger partial charge in [-0.3, -0.25) is 9.69 Å². The molecule has 6 nitrogen and oxygen atoms in total. The fourth-order valence-electron chi connectivity index (χ4n) is 4.28. The van der Waals surface area contributed by atoms with Crippen LogP contribution in [0, 0.1) is 11.3 Å². The van der Waals surface area contributed by atoms with Gasteiger partial charge in [0.2, 0.25) is 0 Å². The first kappa shape index (κ1) is 24.2. The van der Waals surface area contributed by atoms with Crippen LogP contribution in [0.3, 0.4) is 0 Å². The van der Waals surface area contributed by atoms with E-state index in [1.807, 2.05) is 12.1 Å². The van der Waals surface area contributed by atoms with Crippen LogP contribution < -0.4 is 0 Å². The lowest BCUT2D eigenvalue weighted by atomic mass is 9.93. The van der Waals surface area contributed by atoms with Gasteiger partial charge in [-0.2, -0.15) is 5.26 Å². The minimum absolute atomic E-state index is 0.170. The summed E-state index contributed by atoms with van der Waals surface area (Å²) in [7, 11) is 1.72. The van der Waals surface area contributed by atoms with Gasteiger partial charge in [0, 0.05) is 38.2 Å². The highest BCUT2D eigenvalue weighted by Crippen LogP contribution is 2.35. The van der Waals surface area contributed by atoms with Crippen molar-refractivity contribution in [2.75, 3.05) is 26.7 Å². The molecular formula is C25H21Cl3N4O2. The molecule has 174 valence electrons. The quantitative estimate of drug-likeness (QED) is 0.509. The van der Waals surface area contributed by atoms with Crippen LogP contribution in [0.5, 0.6) is 0 Å². The molecule has 3 amide bonds. The van der Waals surface area contributed by atoms with Gasteiger partial charge in [0.05, 0.1) is 27.7 Å². The van der Waals surface area contributed by atoms with Gasteiger partial charge in [0.1, 0.15) is 5.16 Å². The minimum Gasteiger partial charge on any atom is -0.336 e. The predicted molar refractivity (Wildman–Crippen MR) is 133 cm³/mol. The topological polar surface area (TPSA) is 67.7 Å². The Balaban J connectivity index is 1.63. The summed E-state index contributed by atoms with van der Waals surface area (Å²) in [6, 6.07) is 13.4. The highest BCUT2D eigenvalue weighted by molar-refractivity contribution is 6.42. The number of benzene rings is 2. The molecule has 0 radical (unpaired) electrons. The summed E-state index contributed by atoms with van der Waals surface area (Å²) in [5, 5.41) is 10.2. The molecular weight excluding hydrogens is 495 g/mol. The van der Waals surface area contributed by atoms with Crippen molar-refractivity contribution in [1.82, 2.24) is 14.7 Å². The predicted octanol–water partition coefficient (Wildman–Crippen LogP) is 5.48. The molecule has 0 aromatic heterocycles. The summed E-state index contributed by atoms with van der Waals surface area (Å²) in [6.07, 6.45) is 5.32. The van der Waals surface area contributed by atoms with E-state index in [2.05, 4.69) is 6.07 Å². The number of likely N-dealkylation sites (tertiary alicyclic amines) is 1. The lowest BCUT2D eigenvalue weighted by molar-refractivity contribution is 0.0780. The van der Waals surface area contributed by atoms with E-state index in [1.54, 1.807) is 65.4 Å². The molecule has 0 aliphatic carbocycles. The van der Waals surface area contributed by atoms with Gasteiger partial charge >= 0.3 is 6.03 Å². The zero-order valence-electron chi connectivity index (χ0n) is 18.3. The van der Waals surface area contributed by atoms with Gasteiger partial charge in [0.25, 0.3) is 5.91 Å². The van der Waals surface area contributed by atoms with Crippen molar-refractivity contribution in [2.24, 2.45) is 0 Å². The number of carbonyl (C=O) groups excluding carboxylic acids is 2. The molecule has 0 saturated carbocycles. The second kappa shape index (κ2) is 10.1. The van der Waals surface area contributed by atoms with E-state index in [-0.39, 0.29) is 23.9 Å². The molecule has 2 aliphatic heterocycles. The van der Waals surface area contributed by atoms with Gasteiger partial charge in [-0.1, -0.05) is 53.0 Å². The highest BCUT2D eigenvalue weighted by atomic mass is 35.5. The van der Waals surface area contributed by atoms with Crippen molar-refractivity contribution in [2.45, 2.75) is 12.0 Å². The van der Waals surface area contributed by atoms with Gasteiger partial charge in [0.15, 0.2) is 0 Å². The van der Waals surface area contributed by atoms with Crippen molar-refractivity contribution >= 4 is 46.7 Å². The van der Waals surface area contributed by atoms with Gasteiger partial charge < -0.3 is 9.80 Å². The average Bonchev–Trinajstić information content (AvgIpc) is 3.30. The van der Waals surface area contributed by atoms with Crippen LogP contribution in [0.25, 0.3) is 0 Å². The zero-order valence-corrected chi connectivity index (χ0v) is 20.6. The molecule has 2 aromatic rings. The summed E-state index contributed by atoms with van der Waals surface area (Å²) >= 11 is 18.7. The molecule has 0 unspecified atom stereocenters. The summed E-state index contributed by atoms with van der Waals surface area (Å²) in [5.41, 5.74) is 1.85. The van der Waals surface area contributed by atoms with E-state index in [0.717, 1.165) is 5.56 Å². The third-order valence-corrected chi connectivity index (χ3v) is 7.22. The van der Waals surface area contributed by atoms with Crippen LogP contribution in [0.2, 0.25) is 10.0 Å². The fraction of sp³-hybridized carbons (Fsp3) is 0.240. The smallest absolute Gasteiger partial charge is 0.325 e. The number of likely N-dealkylation sites (N-methyl/N-ethyl adjacent to an activating group) is 1. The Morgan fingerprint density at radius 1 is 1.06 bits per heavy atom. The standard InChI is InChI=1S/C25H21Cl3N4O2/c1-30(25(34)32-11-3-2-4-23(32)28)22-15-31(24(33)17-7-5-16(13-29)6-8-17)14-19(22)18-9-10-20(26)21(27)12-18/h2-10,12,19,22H,11,14-15H2,1H3/t19-,22+/m0/s1. The number of urea groups is 1. The Bertz CT molecular complexity index is 1220. The number of hydrogen-bond acceptors (Lipinski definition) is 3. The molecule has 0 N–H and O–H groups in total. The molecule has 0 bridgehead atoms. The van der Waals surface area contributed by atoms with E-state index in [4.69, 9.17) is 40.1 Å². The van der Waals surface area contributed by atoms with Crippen molar-refractivity contribution in [3.8, 4) is 6.07 Å². The van der Waals surface area contributed by atoms with Crippen LogP contribution in [-0.4, -0.2) is 59.4 Å². The van der Waals surface area contributed by atoms with Crippen molar-refractivity contribution in [3.05, 3.63) is 92.6 Å². The van der Waals surface area contributed by atoms with Crippen LogP contribution in [-0.2, 0) is 0 Å². The molecule has 34 heavy (non-hydrogen) atoms. The Hall–Kier alpha value is -2.98. The number of nitrogens with zero attached hydrogens (tertiary/aromatic N) is 4. The average molecular weight is 516 g/mol. The first-order chi connectivity index (χ1) is 16.3. The number of carbonyl (C=O) groups is 2. The third kappa shape index (κ3) is 4.78. The lowest BCUT2D eigenvalue weighted by Gasteiger charge is -2.34. The maximum atomic E-state index is 13.3. The molecule has 2 aliphatic rings. The van der Waals surface area contributed by atoms with E-state index in [9.17, 15) is 9.59 Å². The summed E-state index contributed by atoms with van der Waals surface area (Å²) in [6.45, 7) is 1.09. The summed E-state index contributed by atoms with van der Waals surface area (Å²) < 4.78 is 0. The Kier molecular flexibility index (Phi) is 7.18. The lowest BCUT2D eigenvalue weighted by Crippen LogP contribution is -2.48. The zero-order chi connectivity index (χ0) is 24.4. The molecule has 0 spiro atoms. The summed E-state index contributed by atoms with van der Waals surface area (Å²) in [4.78, 5) is 31.4. The number of halogens is 3. The first-order valence-corrected chi connectivity index (χ1v) is 11.7. The van der Waals surface area contributed by atoms with E-state index in [1.165, 1.54) is 4.90 Å². The Morgan fingerprint density at radius 3 is 2.44 bits per heavy atom. The van der Waals surface area contributed by atoms with E-state index < -0.39 is 0 Å². The molecule has 2 atom stereocenters. The monoisotopic (exact) mass is 514 g/mol. The summed E-state index contributed by atoms with van der Waals surface area (Å²) in [5.74, 6) is -0.356. The van der Waals surface area contributed by atoms with Crippen LogP contribution in [0.15, 0.2) is 65.8 Å². The minimum atomic E-state index is -0.317. The van der Waals surface area contributed by atoms with Gasteiger partial charge in [-0.05, 0) is 48.0 Å². The normalized spacial score (nSPS) is 19.6. The number of nitriles is 1. The largest absolute Gasteiger partial charge is 0.336 e. The van der Waals surface area contributed by atoms with Crippen LogP contribution in [0.4, 0.5) is 4.79 Å². The second-order valence-corrected chi connectivity index (χ2v) is 9.37. The molecule has 2 heterocycles. The second-order valence-electron chi connectivity index (χ2n) is 8.17. The number of allylic oxidation sites excluding steroid dienone is 2. The van der Waals surface area contributed by atoms with Gasteiger partial charge in [-0.15, -0.1) is 0 Å².